The molecule has 3 aromatic rings. The van der Waals surface area contributed by atoms with Gasteiger partial charge in [0.25, 0.3) is 0 Å². The molecule has 1 amide bonds. The fraction of sp³-hybridized carbons (Fsp3) is 0.429. The largest absolute Gasteiger partial charge is 0.343 e. The van der Waals surface area contributed by atoms with Crippen molar-refractivity contribution in [2.24, 2.45) is 0 Å². The Kier molecular flexibility index (Phi) is 5.50. The molecule has 28 heavy (non-hydrogen) atoms. The SMILES string of the molecule is Cc1nccn1CCC(=O)N1CCC(c2nccn2Cc2ccccn2)CC1. The van der Waals surface area contributed by atoms with Gasteiger partial charge in [-0.3, -0.25) is 9.78 Å². The number of aromatic nitrogens is 5. The summed E-state index contributed by atoms with van der Waals surface area (Å²) in [5.41, 5.74) is 1.03. The molecule has 4 rings (SSSR count). The number of carbonyl (C=O) groups is 1. The Bertz CT molecular complexity index is 908. The lowest BCUT2D eigenvalue weighted by Gasteiger charge is -2.32. The van der Waals surface area contributed by atoms with Crippen LogP contribution in [0.3, 0.4) is 0 Å². The van der Waals surface area contributed by atoms with E-state index in [0.29, 0.717) is 18.9 Å². The minimum absolute atomic E-state index is 0.225. The van der Waals surface area contributed by atoms with Crippen molar-refractivity contribution < 1.29 is 4.79 Å². The molecule has 0 aromatic carbocycles. The molecule has 0 bridgehead atoms. The minimum atomic E-state index is 0.225. The van der Waals surface area contributed by atoms with Gasteiger partial charge < -0.3 is 14.0 Å². The van der Waals surface area contributed by atoms with Gasteiger partial charge in [0.05, 0.1) is 12.2 Å². The second-order valence-corrected chi connectivity index (χ2v) is 7.31. The van der Waals surface area contributed by atoms with Gasteiger partial charge in [-0.25, -0.2) is 9.97 Å². The number of amides is 1. The molecule has 7 nitrogen and oxygen atoms in total. The molecule has 0 N–H and O–H groups in total. The van der Waals surface area contributed by atoms with Gasteiger partial charge in [-0.2, -0.15) is 0 Å². The first-order chi connectivity index (χ1) is 13.7. The van der Waals surface area contributed by atoms with E-state index >= 15 is 0 Å². The van der Waals surface area contributed by atoms with Crippen LogP contribution in [0.5, 0.6) is 0 Å². The molecule has 4 heterocycles. The zero-order valence-electron chi connectivity index (χ0n) is 16.2. The highest BCUT2D eigenvalue weighted by Gasteiger charge is 2.26. The van der Waals surface area contributed by atoms with Crippen LogP contribution in [-0.4, -0.2) is 48.0 Å². The Hall–Kier alpha value is -2.96. The summed E-state index contributed by atoms with van der Waals surface area (Å²) >= 11 is 0. The fourth-order valence-electron chi connectivity index (χ4n) is 3.88. The summed E-state index contributed by atoms with van der Waals surface area (Å²) in [7, 11) is 0. The maximum atomic E-state index is 12.6. The van der Waals surface area contributed by atoms with Crippen molar-refractivity contribution in [3.8, 4) is 0 Å². The first-order valence-corrected chi connectivity index (χ1v) is 9.87. The normalized spacial score (nSPS) is 15.1. The van der Waals surface area contributed by atoms with Gasteiger partial charge in [0.15, 0.2) is 0 Å². The van der Waals surface area contributed by atoms with Crippen molar-refractivity contribution in [3.05, 3.63) is 66.5 Å². The van der Waals surface area contributed by atoms with Crippen LogP contribution in [0.4, 0.5) is 0 Å². The fourth-order valence-corrected chi connectivity index (χ4v) is 3.88. The van der Waals surface area contributed by atoms with E-state index in [1.807, 2.05) is 59.4 Å². The Labute approximate surface area is 165 Å². The maximum Gasteiger partial charge on any atom is 0.224 e. The van der Waals surface area contributed by atoms with Crippen LogP contribution in [0.15, 0.2) is 49.2 Å². The van der Waals surface area contributed by atoms with E-state index < -0.39 is 0 Å². The van der Waals surface area contributed by atoms with Gasteiger partial charge in [-0.05, 0) is 31.9 Å². The molecule has 1 aliphatic heterocycles. The monoisotopic (exact) mass is 378 g/mol. The van der Waals surface area contributed by atoms with Crippen molar-refractivity contribution in [1.29, 1.82) is 0 Å². The lowest BCUT2D eigenvalue weighted by atomic mass is 9.95. The summed E-state index contributed by atoms with van der Waals surface area (Å²) < 4.78 is 4.21. The van der Waals surface area contributed by atoms with Gasteiger partial charge in [0, 0.05) is 63.0 Å². The van der Waals surface area contributed by atoms with Crippen molar-refractivity contribution in [1.82, 2.24) is 29.0 Å². The quantitative estimate of drug-likeness (QED) is 0.661. The Morgan fingerprint density at radius 3 is 2.54 bits per heavy atom. The molecule has 0 atom stereocenters. The highest BCUT2D eigenvalue weighted by Crippen LogP contribution is 2.27. The number of hydrogen-bond donors (Lipinski definition) is 0. The number of piperidine rings is 1. The van der Waals surface area contributed by atoms with E-state index in [1.54, 1.807) is 6.20 Å². The summed E-state index contributed by atoms with van der Waals surface area (Å²) in [5.74, 6) is 2.67. The third-order valence-electron chi connectivity index (χ3n) is 5.51. The van der Waals surface area contributed by atoms with Crippen LogP contribution in [-0.2, 0) is 17.9 Å². The van der Waals surface area contributed by atoms with Crippen molar-refractivity contribution in [2.45, 2.75) is 45.2 Å². The number of nitrogens with zero attached hydrogens (tertiary/aromatic N) is 6. The van der Waals surface area contributed by atoms with Crippen LogP contribution >= 0.6 is 0 Å². The number of imidazole rings is 2. The van der Waals surface area contributed by atoms with Crippen LogP contribution in [0.25, 0.3) is 0 Å². The topological polar surface area (TPSA) is 68.8 Å². The molecular weight excluding hydrogens is 352 g/mol. The highest BCUT2D eigenvalue weighted by molar-refractivity contribution is 5.76. The van der Waals surface area contributed by atoms with E-state index in [9.17, 15) is 4.79 Å². The third-order valence-corrected chi connectivity index (χ3v) is 5.51. The summed E-state index contributed by atoms with van der Waals surface area (Å²) in [6, 6.07) is 5.97. The maximum absolute atomic E-state index is 12.6. The molecular formula is C21H26N6O. The van der Waals surface area contributed by atoms with Crippen molar-refractivity contribution in [2.75, 3.05) is 13.1 Å². The molecule has 7 heteroatoms. The van der Waals surface area contributed by atoms with Crippen LogP contribution in [0.1, 0.15) is 42.5 Å². The summed E-state index contributed by atoms with van der Waals surface area (Å²) in [6.07, 6.45) is 11.8. The number of aryl methyl sites for hydroxylation is 2. The first kappa shape index (κ1) is 18.4. The smallest absolute Gasteiger partial charge is 0.224 e. The third kappa shape index (κ3) is 4.13. The summed E-state index contributed by atoms with van der Waals surface area (Å²) in [5, 5.41) is 0. The first-order valence-electron chi connectivity index (χ1n) is 9.87. The van der Waals surface area contributed by atoms with E-state index in [0.717, 1.165) is 49.8 Å². The number of hydrogen-bond acceptors (Lipinski definition) is 4. The van der Waals surface area contributed by atoms with Crippen LogP contribution < -0.4 is 0 Å². The lowest BCUT2D eigenvalue weighted by Crippen LogP contribution is -2.38. The van der Waals surface area contributed by atoms with Crippen molar-refractivity contribution in [3.63, 3.8) is 0 Å². The zero-order valence-corrected chi connectivity index (χ0v) is 16.2. The molecule has 3 aromatic heterocycles. The molecule has 0 aliphatic carbocycles. The van der Waals surface area contributed by atoms with E-state index in [-0.39, 0.29) is 5.91 Å². The Morgan fingerprint density at radius 1 is 1.04 bits per heavy atom. The number of rotatable bonds is 6. The molecule has 0 saturated carbocycles. The average molecular weight is 378 g/mol. The lowest BCUT2D eigenvalue weighted by molar-refractivity contribution is -0.132. The standard InChI is InChI=1S/C21H26N6O/c1-17-22-9-14-25(17)13-7-20(28)26-11-5-18(6-12-26)21-24-10-15-27(21)16-19-4-2-3-8-23-19/h2-4,8-10,14-15,18H,5-7,11-13,16H2,1H3. The van der Waals surface area contributed by atoms with Crippen LogP contribution in [0.2, 0.25) is 0 Å². The second kappa shape index (κ2) is 8.37. The molecule has 146 valence electrons. The van der Waals surface area contributed by atoms with Gasteiger partial charge in [-0.15, -0.1) is 0 Å². The van der Waals surface area contributed by atoms with E-state index in [2.05, 4.69) is 19.5 Å². The average Bonchev–Trinajstić information content (AvgIpc) is 3.36. The highest BCUT2D eigenvalue weighted by atomic mass is 16.2. The number of likely N-dealkylation sites (tertiary alicyclic amines) is 1. The van der Waals surface area contributed by atoms with E-state index in [4.69, 9.17) is 0 Å². The molecule has 1 saturated heterocycles. The molecule has 0 spiro atoms. The number of pyridine rings is 1. The minimum Gasteiger partial charge on any atom is -0.343 e. The Morgan fingerprint density at radius 2 is 1.82 bits per heavy atom. The van der Waals surface area contributed by atoms with Crippen molar-refractivity contribution >= 4 is 5.91 Å². The summed E-state index contributed by atoms with van der Waals surface area (Å²) in [6.45, 7) is 4.98. The molecule has 0 radical (unpaired) electrons. The number of carbonyl (C=O) groups excluding carboxylic acids is 1. The molecule has 1 aliphatic rings. The van der Waals surface area contributed by atoms with Gasteiger partial charge in [0.1, 0.15) is 11.6 Å². The Balaban J connectivity index is 1.31. The van der Waals surface area contributed by atoms with Crippen LogP contribution in [0, 0.1) is 6.92 Å². The molecule has 1 fully saturated rings. The predicted octanol–water partition coefficient (Wildman–Crippen LogP) is 2.63. The second-order valence-electron chi connectivity index (χ2n) is 7.31. The molecule has 0 unspecified atom stereocenters. The van der Waals surface area contributed by atoms with Gasteiger partial charge in [0.2, 0.25) is 5.91 Å². The van der Waals surface area contributed by atoms with E-state index in [1.165, 1.54) is 0 Å². The van der Waals surface area contributed by atoms with Gasteiger partial charge in [-0.1, -0.05) is 6.07 Å². The predicted molar refractivity (Wildman–Crippen MR) is 106 cm³/mol. The zero-order chi connectivity index (χ0) is 19.3. The summed E-state index contributed by atoms with van der Waals surface area (Å²) in [4.78, 5) is 27.8. The van der Waals surface area contributed by atoms with Gasteiger partial charge >= 0.3 is 0 Å².